The van der Waals surface area contributed by atoms with Crippen molar-refractivity contribution < 1.29 is 0 Å². The standard InChI is InChI=1S/C62H40N2/c1-37-25-31-53(49-21-9-7-17-41(37)49)63-55-33-27-47(45-23-11-15-39-13-3-5-19-43(39)45)51-30-36-58-62(59(51)55)61-57(63)35-29-52-48(46-24-12-16-40-14-4-6-20-44(40)46)28-34-56(60(52)61)64(58)54-32-26-38(2)42-18-8-10-22-50(42)54/h3-36H,1-2H3. The summed E-state index contributed by atoms with van der Waals surface area (Å²) in [5.41, 5.74) is 17.3. The van der Waals surface area contributed by atoms with Crippen molar-refractivity contribution in [3.63, 3.8) is 0 Å². The molecular formula is C62H40N2. The third-order valence-electron chi connectivity index (χ3n) is 14.4. The molecule has 2 heteroatoms. The number of fused-ring (bicyclic) bond motifs is 4. The lowest BCUT2D eigenvalue weighted by Gasteiger charge is -2.31. The minimum Gasteiger partial charge on any atom is -0.309 e. The van der Waals surface area contributed by atoms with E-state index in [-0.39, 0.29) is 0 Å². The van der Waals surface area contributed by atoms with Crippen molar-refractivity contribution in [1.29, 1.82) is 0 Å². The minimum absolute atomic E-state index is 1.19. The third-order valence-corrected chi connectivity index (χ3v) is 14.4. The molecule has 298 valence electrons. The van der Waals surface area contributed by atoms with E-state index in [1.54, 1.807) is 0 Å². The highest BCUT2D eigenvalue weighted by Crippen LogP contribution is 2.53. The highest BCUT2D eigenvalue weighted by molar-refractivity contribution is 6.30. The lowest BCUT2D eigenvalue weighted by atomic mass is 9.83. The molecule has 0 saturated heterocycles. The van der Waals surface area contributed by atoms with Crippen LogP contribution in [0.1, 0.15) is 11.1 Å². The summed E-state index contributed by atoms with van der Waals surface area (Å²) >= 11 is 0. The van der Waals surface area contributed by atoms with Gasteiger partial charge in [0.2, 0.25) is 0 Å². The predicted molar refractivity (Wildman–Crippen MR) is 273 cm³/mol. The maximum absolute atomic E-state index is 2.58. The van der Waals surface area contributed by atoms with Gasteiger partial charge >= 0.3 is 0 Å². The lowest BCUT2D eigenvalue weighted by Crippen LogP contribution is -2.11. The van der Waals surface area contributed by atoms with Crippen LogP contribution in [0.4, 0.5) is 0 Å². The van der Waals surface area contributed by atoms with Crippen molar-refractivity contribution in [2.24, 2.45) is 0 Å². The molecule has 0 saturated carbocycles. The van der Waals surface area contributed by atoms with Crippen LogP contribution in [0.2, 0.25) is 0 Å². The van der Waals surface area contributed by atoms with Gasteiger partial charge in [-0.3, -0.25) is 0 Å². The SMILES string of the molecule is Cc1ccc(-n2c3ccc4c(-c5cccc6ccccc56)ccc5c4c3-c3c4c(ccc3n5-c3ccc(C)c5ccccc35)c(-c3cccc5ccccc35)ccc42)c2ccccc12. The van der Waals surface area contributed by atoms with Gasteiger partial charge in [-0.25, -0.2) is 0 Å². The molecular weight excluding hydrogens is 773 g/mol. The van der Waals surface area contributed by atoms with Gasteiger partial charge in [-0.1, -0.05) is 170 Å². The quantitative estimate of drug-likeness (QED) is 0.124. The van der Waals surface area contributed by atoms with Crippen molar-refractivity contribution in [2.45, 2.75) is 13.8 Å². The molecule has 0 N–H and O–H groups in total. The summed E-state index contributed by atoms with van der Waals surface area (Å²) in [5, 5.41) is 15.1. The van der Waals surface area contributed by atoms with Crippen molar-refractivity contribution in [1.82, 2.24) is 9.13 Å². The van der Waals surface area contributed by atoms with Crippen molar-refractivity contribution in [3.05, 3.63) is 217 Å². The maximum Gasteiger partial charge on any atom is 0.0548 e. The van der Waals surface area contributed by atoms with Crippen LogP contribution in [0.5, 0.6) is 0 Å². The molecule has 12 aromatic rings. The number of aryl methyl sites for hydroxylation is 2. The molecule has 0 fully saturated rings. The summed E-state index contributed by atoms with van der Waals surface area (Å²) in [5.74, 6) is 0. The summed E-state index contributed by atoms with van der Waals surface area (Å²) in [4.78, 5) is 0. The molecule has 0 atom stereocenters. The molecule has 2 nitrogen and oxygen atoms in total. The number of benzene rings is 12. The second-order valence-corrected chi connectivity index (χ2v) is 17.6. The van der Waals surface area contributed by atoms with Crippen LogP contribution in [-0.4, -0.2) is 9.13 Å². The van der Waals surface area contributed by atoms with Gasteiger partial charge in [0.05, 0.1) is 33.4 Å². The smallest absolute Gasteiger partial charge is 0.0548 e. The summed E-state index contributed by atoms with van der Waals surface area (Å²) in [6.45, 7) is 4.45. The van der Waals surface area contributed by atoms with E-state index in [1.807, 2.05) is 0 Å². The van der Waals surface area contributed by atoms with Crippen LogP contribution < -0.4 is 0 Å². The zero-order valence-electron chi connectivity index (χ0n) is 35.5. The molecule has 14 rings (SSSR count). The second-order valence-electron chi connectivity index (χ2n) is 17.6. The number of nitrogens with zero attached hydrogens (tertiary/aromatic N) is 2. The van der Waals surface area contributed by atoms with E-state index in [2.05, 4.69) is 229 Å². The van der Waals surface area contributed by atoms with E-state index < -0.39 is 0 Å². The number of pyridine rings is 2. The number of hydrogen-bond donors (Lipinski definition) is 0. The Morgan fingerprint density at radius 1 is 0.250 bits per heavy atom. The van der Waals surface area contributed by atoms with E-state index in [4.69, 9.17) is 0 Å². The highest BCUT2D eigenvalue weighted by atomic mass is 15.0. The zero-order valence-corrected chi connectivity index (χ0v) is 35.5. The van der Waals surface area contributed by atoms with E-state index in [9.17, 15) is 0 Å². The molecule has 0 amide bonds. The van der Waals surface area contributed by atoms with Crippen molar-refractivity contribution >= 4 is 86.7 Å². The Kier molecular flexibility index (Phi) is 7.28. The molecule has 0 radical (unpaired) electrons. The Labute approximate surface area is 370 Å². The summed E-state index contributed by atoms with van der Waals surface area (Å²) in [6.07, 6.45) is 0. The van der Waals surface area contributed by atoms with Gasteiger partial charge in [-0.15, -0.1) is 0 Å². The minimum atomic E-state index is 1.19. The molecule has 2 heterocycles. The van der Waals surface area contributed by atoms with Gasteiger partial charge in [-0.05, 0) is 127 Å². The van der Waals surface area contributed by atoms with Crippen molar-refractivity contribution in [2.75, 3.05) is 0 Å². The van der Waals surface area contributed by atoms with Gasteiger partial charge in [0.15, 0.2) is 0 Å². The largest absolute Gasteiger partial charge is 0.309 e. The number of hydrogen-bond acceptors (Lipinski definition) is 0. The molecule has 0 aliphatic carbocycles. The van der Waals surface area contributed by atoms with E-state index in [0.29, 0.717) is 0 Å². The summed E-state index contributed by atoms with van der Waals surface area (Å²) < 4.78 is 5.15. The van der Waals surface area contributed by atoms with Crippen LogP contribution in [0.25, 0.3) is 131 Å². The van der Waals surface area contributed by atoms with Gasteiger partial charge in [0, 0.05) is 32.7 Å². The van der Waals surface area contributed by atoms with E-state index >= 15 is 0 Å². The molecule has 12 aromatic carbocycles. The molecule has 0 aromatic heterocycles. The first kappa shape index (κ1) is 35.4. The summed E-state index contributed by atoms with van der Waals surface area (Å²) in [7, 11) is 0. The average molecular weight is 813 g/mol. The van der Waals surface area contributed by atoms with Gasteiger partial charge < -0.3 is 9.13 Å². The second kappa shape index (κ2) is 13.2. The fourth-order valence-electron chi connectivity index (χ4n) is 11.5. The van der Waals surface area contributed by atoms with Crippen LogP contribution >= 0.6 is 0 Å². The first-order chi connectivity index (χ1) is 31.6. The highest BCUT2D eigenvalue weighted by Gasteiger charge is 2.30. The Bertz CT molecular complexity index is 3930. The molecule has 2 aliphatic heterocycles. The van der Waals surface area contributed by atoms with Crippen LogP contribution in [0.15, 0.2) is 206 Å². The number of aromatic nitrogens is 2. The topological polar surface area (TPSA) is 9.86 Å². The predicted octanol–water partition coefficient (Wildman–Crippen LogP) is 17.0. The first-order valence-electron chi connectivity index (χ1n) is 22.4. The Balaban J connectivity index is 1.24. The average Bonchev–Trinajstić information content (AvgIpc) is 3.35. The fraction of sp³-hybridized carbons (Fsp3) is 0.0323. The Morgan fingerprint density at radius 3 is 1.06 bits per heavy atom. The lowest BCUT2D eigenvalue weighted by molar-refractivity contribution is 1.15. The van der Waals surface area contributed by atoms with E-state index in [1.165, 1.54) is 143 Å². The monoisotopic (exact) mass is 812 g/mol. The van der Waals surface area contributed by atoms with Gasteiger partial charge in [-0.2, -0.15) is 0 Å². The molecule has 2 aliphatic rings. The van der Waals surface area contributed by atoms with Crippen LogP contribution in [0, 0.1) is 13.8 Å². The van der Waals surface area contributed by atoms with Crippen LogP contribution in [0.3, 0.4) is 0 Å². The van der Waals surface area contributed by atoms with Crippen LogP contribution in [-0.2, 0) is 0 Å². The number of rotatable bonds is 4. The Hall–Kier alpha value is -8.20. The van der Waals surface area contributed by atoms with Gasteiger partial charge in [0.1, 0.15) is 0 Å². The van der Waals surface area contributed by atoms with E-state index in [0.717, 1.165) is 0 Å². The van der Waals surface area contributed by atoms with Gasteiger partial charge in [0.25, 0.3) is 0 Å². The summed E-state index contributed by atoms with van der Waals surface area (Å²) in [6, 6.07) is 77.4. The molecule has 0 unspecified atom stereocenters. The normalized spacial score (nSPS) is 12.2. The third kappa shape index (κ3) is 4.74. The first-order valence-corrected chi connectivity index (χ1v) is 22.4. The molecule has 64 heavy (non-hydrogen) atoms. The van der Waals surface area contributed by atoms with Crippen molar-refractivity contribution in [3.8, 4) is 44.8 Å². The zero-order chi connectivity index (χ0) is 42.2. The maximum atomic E-state index is 2.58. The molecule has 0 spiro atoms. The fourth-order valence-corrected chi connectivity index (χ4v) is 11.5. The molecule has 0 bridgehead atoms. The Morgan fingerprint density at radius 2 is 0.609 bits per heavy atom.